The van der Waals surface area contributed by atoms with E-state index in [-0.39, 0.29) is 11.3 Å². The second-order valence-corrected chi connectivity index (χ2v) is 7.07. The van der Waals surface area contributed by atoms with Gasteiger partial charge in [-0.1, -0.05) is 48.8 Å². The van der Waals surface area contributed by atoms with Crippen molar-refractivity contribution in [3.8, 4) is 5.75 Å². The molecule has 0 aliphatic rings. The minimum atomic E-state index is -0.321. The topological polar surface area (TPSA) is 67.8 Å². The fourth-order valence-corrected chi connectivity index (χ4v) is 2.44. The lowest BCUT2D eigenvalue weighted by atomic mass is 9.87. The first kappa shape index (κ1) is 17.8. The quantitative estimate of drug-likeness (QED) is 0.248. The fraction of sp³-hybridized carbons (Fsp3) is 0.562. The van der Waals surface area contributed by atoms with Gasteiger partial charge in [0, 0.05) is 9.89 Å². The fourth-order valence-electron chi connectivity index (χ4n) is 2.06. The highest BCUT2D eigenvalue weighted by molar-refractivity contribution is 9.10. The van der Waals surface area contributed by atoms with Crippen LogP contribution >= 0.6 is 15.9 Å². The van der Waals surface area contributed by atoms with Crippen LogP contribution in [0.5, 0.6) is 5.75 Å². The van der Waals surface area contributed by atoms with Crippen LogP contribution in [0.2, 0.25) is 0 Å². The number of nitrogens with zero attached hydrogens (tertiary/aromatic N) is 1. The summed E-state index contributed by atoms with van der Waals surface area (Å²) in [5.74, 6) is 1.59. The van der Waals surface area contributed by atoms with Crippen LogP contribution in [0.3, 0.4) is 0 Å². The third kappa shape index (κ3) is 5.23. The van der Waals surface area contributed by atoms with Crippen LogP contribution in [0.1, 0.15) is 52.0 Å². The van der Waals surface area contributed by atoms with Crippen LogP contribution < -0.4 is 10.5 Å². The van der Waals surface area contributed by atoms with Gasteiger partial charge in [0.2, 0.25) is 0 Å². The molecular weight excluding hydrogens is 332 g/mol. The first-order chi connectivity index (χ1) is 9.77. The third-order valence-corrected chi connectivity index (χ3v) is 4.09. The lowest BCUT2D eigenvalue weighted by Gasteiger charge is -2.23. The Morgan fingerprint density at radius 3 is 2.67 bits per heavy atom. The van der Waals surface area contributed by atoms with E-state index in [1.165, 1.54) is 5.56 Å². The van der Waals surface area contributed by atoms with Gasteiger partial charge in [-0.3, -0.25) is 0 Å². The average molecular weight is 357 g/mol. The van der Waals surface area contributed by atoms with Gasteiger partial charge in [0.05, 0.1) is 6.61 Å². The number of benzene rings is 1. The van der Waals surface area contributed by atoms with Crippen molar-refractivity contribution in [3.05, 3.63) is 28.2 Å². The van der Waals surface area contributed by atoms with Crippen LogP contribution in [0.4, 0.5) is 0 Å². The molecule has 0 spiro atoms. The minimum absolute atomic E-state index is 0.258. The molecule has 0 bridgehead atoms. The number of hydrogen-bond acceptors (Lipinski definition) is 3. The molecule has 0 unspecified atom stereocenters. The maximum atomic E-state index is 8.76. The molecule has 0 saturated carbocycles. The van der Waals surface area contributed by atoms with E-state index >= 15 is 0 Å². The van der Waals surface area contributed by atoms with E-state index < -0.39 is 0 Å². The summed E-state index contributed by atoms with van der Waals surface area (Å²) in [5.41, 5.74) is 6.55. The summed E-state index contributed by atoms with van der Waals surface area (Å²) in [4.78, 5) is 0. The number of rotatable bonds is 7. The normalized spacial score (nSPS) is 12.8. The van der Waals surface area contributed by atoms with Crippen molar-refractivity contribution in [1.29, 1.82) is 0 Å². The molecule has 5 heteroatoms. The Morgan fingerprint density at radius 1 is 1.43 bits per heavy atom. The number of nitrogens with two attached hydrogens (primary N) is 1. The Morgan fingerprint density at radius 2 is 2.10 bits per heavy atom. The van der Waals surface area contributed by atoms with Gasteiger partial charge >= 0.3 is 0 Å². The van der Waals surface area contributed by atoms with Crippen LogP contribution in [-0.4, -0.2) is 17.6 Å². The van der Waals surface area contributed by atoms with Crippen molar-refractivity contribution >= 4 is 21.8 Å². The first-order valence-corrected chi connectivity index (χ1v) is 7.97. The van der Waals surface area contributed by atoms with E-state index in [9.17, 15) is 0 Å². The van der Waals surface area contributed by atoms with Crippen molar-refractivity contribution in [2.24, 2.45) is 16.3 Å². The minimum Gasteiger partial charge on any atom is -0.493 e. The molecule has 0 atom stereocenters. The molecule has 0 aromatic heterocycles. The van der Waals surface area contributed by atoms with E-state index in [0.29, 0.717) is 12.5 Å². The summed E-state index contributed by atoms with van der Waals surface area (Å²) < 4.78 is 6.96. The maximum Gasteiger partial charge on any atom is 0.144 e. The molecule has 0 aliphatic carbocycles. The van der Waals surface area contributed by atoms with Crippen molar-refractivity contribution < 1.29 is 9.94 Å². The molecule has 1 aromatic carbocycles. The average Bonchev–Trinajstić information content (AvgIpc) is 2.43. The van der Waals surface area contributed by atoms with Crippen LogP contribution in [0.15, 0.2) is 27.8 Å². The molecule has 3 N–H and O–H groups in total. The van der Waals surface area contributed by atoms with Gasteiger partial charge < -0.3 is 15.7 Å². The van der Waals surface area contributed by atoms with Gasteiger partial charge in [0.25, 0.3) is 0 Å². The third-order valence-electron chi connectivity index (χ3n) is 3.60. The lowest BCUT2D eigenvalue weighted by molar-refractivity contribution is 0.275. The predicted octanol–water partition coefficient (Wildman–Crippen LogP) is 4.50. The highest BCUT2D eigenvalue weighted by atomic mass is 79.9. The Bertz CT molecular complexity index is 499. The molecule has 118 valence electrons. The number of ether oxygens (including phenoxy) is 1. The van der Waals surface area contributed by atoms with Gasteiger partial charge in [-0.2, -0.15) is 0 Å². The lowest BCUT2D eigenvalue weighted by Crippen LogP contribution is -2.32. The van der Waals surface area contributed by atoms with E-state index in [1.807, 2.05) is 26.0 Å². The molecule has 1 aromatic rings. The number of oxime groups is 1. The second-order valence-electron chi connectivity index (χ2n) is 6.16. The zero-order chi connectivity index (χ0) is 16.0. The van der Waals surface area contributed by atoms with Crippen LogP contribution in [0, 0.1) is 5.41 Å². The first-order valence-electron chi connectivity index (χ1n) is 7.18. The zero-order valence-electron chi connectivity index (χ0n) is 13.2. The van der Waals surface area contributed by atoms with Crippen LogP contribution in [-0.2, 0) is 0 Å². The van der Waals surface area contributed by atoms with E-state index in [1.54, 1.807) is 0 Å². The number of halogens is 1. The van der Waals surface area contributed by atoms with Gasteiger partial charge in [0.1, 0.15) is 11.6 Å². The van der Waals surface area contributed by atoms with Crippen molar-refractivity contribution in [1.82, 2.24) is 0 Å². The standard InChI is InChI=1S/C16H25BrN2O2/c1-11(2)13-10-12(17)6-7-14(13)21-9-5-8-16(3,4)15(18)19-20/h6-7,10-11,20H,5,8-9H2,1-4H3,(H2,18,19). The summed E-state index contributed by atoms with van der Waals surface area (Å²) in [7, 11) is 0. The molecule has 21 heavy (non-hydrogen) atoms. The summed E-state index contributed by atoms with van der Waals surface area (Å²) in [5, 5.41) is 11.8. The second kappa shape index (κ2) is 7.69. The Labute approximate surface area is 135 Å². The van der Waals surface area contributed by atoms with E-state index in [4.69, 9.17) is 15.7 Å². The van der Waals surface area contributed by atoms with Gasteiger partial charge in [-0.05, 0) is 42.5 Å². The summed E-state index contributed by atoms with van der Waals surface area (Å²) in [6.45, 7) is 8.83. The van der Waals surface area contributed by atoms with Crippen LogP contribution in [0.25, 0.3) is 0 Å². The SMILES string of the molecule is CC(C)c1cc(Br)ccc1OCCCC(C)(C)/C(N)=N/O. The smallest absolute Gasteiger partial charge is 0.144 e. The Kier molecular flexibility index (Phi) is 6.52. The van der Waals surface area contributed by atoms with E-state index in [2.05, 4.69) is 41.0 Å². The Balaban J connectivity index is 2.58. The maximum absolute atomic E-state index is 8.76. The zero-order valence-corrected chi connectivity index (χ0v) is 14.8. The molecule has 4 nitrogen and oxygen atoms in total. The van der Waals surface area contributed by atoms with E-state index in [0.717, 1.165) is 23.1 Å². The van der Waals surface area contributed by atoms with Gasteiger partial charge in [0.15, 0.2) is 0 Å². The van der Waals surface area contributed by atoms with Gasteiger partial charge in [-0.15, -0.1) is 0 Å². The highest BCUT2D eigenvalue weighted by Gasteiger charge is 2.23. The predicted molar refractivity (Wildman–Crippen MR) is 90.1 cm³/mol. The summed E-state index contributed by atoms with van der Waals surface area (Å²) in [6, 6.07) is 6.08. The molecule has 0 aliphatic heterocycles. The van der Waals surface area contributed by atoms with Crippen molar-refractivity contribution in [2.45, 2.75) is 46.5 Å². The molecule has 0 heterocycles. The summed E-state index contributed by atoms with van der Waals surface area (Å²) >= 11 is 3.49. The monoisotopic (exact) mass is 356 g/mol. The molecule has 0 radical (unpaired) electrons. The van der Waals surface area contributed by atoms with Crippen molar-refractivity contribution in [2.75, 3.05) is 6.61 Å². The number of hydrogen-bond donors (Lipinski definition) is 2. The molecular formula is C16H25BrN2O2. The number of amidine groups is 1. The summed E-state index contributed by atoms with van der Waals surface area (Å²) in [6.07, 6.45) is 1.65. The molecule has 0 fully saturated rings. The Hall–Kier alpha value is -1.23. The largest absolute Gasteiger partial charge is 0.493 e. The molecule has 0 saturated heterocycles. The molecule has 1 rings (SSSR count). The highest BCUT2D eigenvalue weighted by Crippen LogP contribution is 2.30. The van der Waals surface area contributed by atoms with Crippen molar-refractivity contribution in [3.63, 3.8) is 0 Å². The molecule has 0 amide bonds. The van der Waals surface area contributed by atoms with Gasteiger partial charge in [-0.25, -0.2) is 0 Å².